The van der Waals surface area contributed by atoms with Crippen molar-refractivity contribution in [3.05, 3.63) is 58.2 Å². The van der Waals surface area contributed by atoms with E-state index in [1.54, 1.807) is 12.1 Å². The average Bonchev–Trinajstić information content (AvgIpc) is 2.69. The molecule has 0 bridgehead atoms. The van der Waals surface area contributed by atoms with Gasteiger partial charge in [0.25, 0.3) is 0 Å². The van der Waals surface area contributed by atoms with Gasteiger partial charge in [0.1, 0.15) is 5.75 Å². The van der Waals surface area contributed by atoms with E-state index >= 15 is 0 Å². The SMILES string of the molecule is COc1cc(OC)c(OC)cc1/C=C/C(=O)OCC(=O)c1c(C)cc(C)cc1C. The fourth-order valence-corrected chi connectivity index (χ4v) is 3.22. The normalized spacial score (nSPS) is 10.7. The summed E-state index contributed by atoms with van der Waals surface area (Å²) in [5.74, 6) is 0.664. The molecule has 0 aliphatic rings. The first kappa shape index (κ1) is 22.0. The number of benzene rings is 2. The second kappa shape index (κ2) is 9.78. The van der Waals surface area contributed by atoms with Gasteiger partial charge in [-0.2, -0.15) is 0 Å². The number of ether oxygens (including phenoxy) is 4. The summed E-state index contributed by atoms with van der Waals surface area (Å²) in [7, 11) is 4.56. The molecule has 0 amide bonds. The van der Waals surface area contributed by atoms with Gasteiger partial charge in [0, 0.05) is 23.3 Å². The Labute approximate surface area is 171 Å². The van der Waals surface area contributed by atoms with Crippen LogP contribution in [0, 0.1) is 20.8 Å². The lowest BCUT2D eigenvalue weighted by molar-refractivity contribution is -0.136. The molecule has 0 spiro atoms. The standard InChI is InChI=1S/C23H26O6/c1-14-9-15(2)23(16(3)10-14)18(24)13-29-22(25)8-7-17-11-20(27-5)21(28-6)12-19(17)26-4/h7-12H,13H2,1-6H3/b8-7+. The van der Waals surface area contributed by atoms with Crippen molar-refractivity contribution in [3.63, 3.8) is 0 Å². The second-order valence-electron chi connectivity index (χ2n) is 6.59. The van der Waals surface area contributed by atoms with Gasteiger partial charge in [-0.3, -0.25) is 4.79 Å². The molecular formula is C23H26O6. The molecule has 2 aromatic carbocycles. The Hall–Kier alpha value is -3.28. The third-order valence-corrected chi connectivity index (χ3v) is 4.44. The van der Waals surface area contributed by atoms with Crippen molar-refractivity contribution in [3.8, 4) is 17.2 Å². The highest BCUT2D eigenvalue weighted by Crippen LogP contribution is 2.35. The molecule has 0 N–H and O–H groups in total. The lowest BCUT2D eigenvalue weighted by Gasteiger charge is -2.12. The molecule has 6 nitrogen and oxygen atoms in total. The highest BCUT2D eigenvalue weighted by Gasteiger charge is 2.15. The Morgan fingerprint density at radius 3 is 1.93 bits per heavy atom. The third kappa shape index (κ3) is 5.38. The Bertz CT molecular complexity index is 920. The van der Waals surface area contributed by atoms with Crippen molar-refractivity contribution in [2.45, 2.75) is 20.8 Å². The van der Waals surface area contributed by atoms with Gasteiger partial charge in [0.2, 0.25) is 5.78 Å². The summed E-state index contributed by atoms with van der Waals surface area (Å²) >= 11 is 0. The number of ketones is 1. The molecule has 154 valence electrons. The predicted molar refractivity (Wildman–Crippen MR) is 111 cm³/mol. The first-order chi connectivity index (χ1) is 13.8. The summed E-state index contributed by atoms with van der Waals surface area (Å²) in [6, 6.07) is 7.22. The van der Waals surface area contributed by atoms with Crippen LogP contribution in [0.1, 0.15) is 32.6 Å². The molecule has 0 saturated carbocycles. The summed E-state index contributed by atoms with van der Waals surface area (Å²) in [4.78, 5) is 24.6. The van der Waals surface area contributed by atoms with Crippen LogP contribution in [0.3, 0.4) is 0 Å². The molecule has 0 aromatic heterocycles. The summed E-state index contributed by atoms with van der Waals surface area (Å²) in [6.45, 7) is 5.40. The van der Waals surface area contributed by atoms with Gasteiger partial charge in [-0.15, -0.1) is 0 Å². The number of hydrogen-bond acceptors (Lipinski definition) is 6. The first-order valence-corrected chi connectivity index (χ1v) is 9.06. The molecule has 0 aliphatic heterocycles. The van der Waals surface area contributed by atoms with E-state index in [0.717, 1.165) is 16.7 Å². The van der Waals surface area contributed by atoms with Gasteiger partial charge in [0.15, 0.2) is 18.1 Å². The zero-order valence-electron chi connectivity index (χ0n) is 17.6. The van der Waals surface area contributed by atoms with Crippen molar-refractivity contribution in [2.75, 3.05) is 27.9 Å². The highest BCUT2D eigenvalue weighted by molar-refractivity contribution is 6.01. The third-order valence-electron chi connectivity index (χ3n) is 4.44. The number of carbonyl (C=O) groups is 2. The Morgan fingerprint density at radius 2 is 1.38 bits per heavy atom. The van der Waals surface area contributed by atoms with E-state index in [1.165, 1.54) is 33.5 Å². The lowest BCUT2D eigenvalue weighted by Crippen LogP contribution is -2.15. The highest BCUT2D eigenvalue weighted by atomic mass is 16.5. The number of esters is 1. The van der Waals surface area contributed by atoms with Crippen LogP contribution in [0.2, 0.25) is 0 Å². The van der Waals surface area contributed by atoms with Crippen molar-refractivity contribution in [1.29, 1.82) is 0 Å². The molecule has 0 fully saturated rings. The topological polar surface area (TPSA) is 71.1 Å². The summed E-state index contributed by atoms with van der Waals surface area (Å²) < 4.78 is 20.9. The van der Waals surface area contributed by atoms with Crippen LogP contribution in [-0.2, 0) is 9.53 Å². The van der Waals surface area contributed by atoms with E-state index in [-0.39, 0.29) is 12.4 Å². The van der Waals surface area contributed by atoms with E-state index in [2.05, 4.69) is 0 Å². The van der Waals surface area contributed by atoms with Crippen molar-refractivity contribution >= 4 is 17.8 Å². The molecule has 0 saturated heterocycles. The Balaban J connectivity index is 2.10. The number of rotatable bonds is 8. The van der Waals surface area contributed by atoms with Gasteiger partial charge in [-0.1, -0.05) is 17.7 Å². The van der Waals surface area contributed by atoms with E-state index in [0.29, 0.717) is 28.4 Å². The van der Waals surface area contributed by atoms with Crippen LogP contribution in [0.25, 0.3) is 6.08 Å². The minimum absolute atomic E-state index is 0.231. The van der Waals surface area contributed by atoms with Crippen LogP contribution in [-0.4, -0.2) is 39.7 Å². The number of hydrogen-bond donors (Lipinski definition) is 0. The zero-order chi connectivity index (χ0) is 21.6. The molecule has 2 aromatic rings. The van der Waals surface area contributed by atoms with E-state index in [9.17, 15) is 9.59 Å². The molecular weight excluding hydrogens is 372 g/mol. The number of methoxy groups -OCH3 is 3. The molecule has 0 unspecified atom stereocenters. The smallest absolute Gasteiger partial charge is 0.331 e. The van der Waals surface area contributed by atoms with Gasteiger partial charge in [0.05, 0.1) is 21.3 Å². The van der Waals surface area contributed by atoms with Gasteiger partial charge < -0.3 is 18.9 Å². The second-order valence-corrected chi connectivity index (χ2v) is 6.59. The number of carbonyl (C=O) groups excluding carboxylic acids is 2. The van der Waals surface area contributed by atoms with Gasteiger partial charge >= 0.3 is 5.97 Å². The minimum Gasteiger partial charge on any atom is -0.496 e. The fraction of sp³-hybridized carbons (Fsp3) is 0.304. The summed E-state index contributed by atoms with van der Waals surface area (Å²) in [6.07, 6.45) is 2.78. The largest absolute Gasteiger partial charge is 0.496 e. The molecule has 29 heavy (non-hydrogen) atoms. The molecule has 0 aliphatic carbocycles. The van der Waals surface area contributed by atoms with Crippen LogP contribution < -0.4 is 14.2 Å². The Morgan fingerprint density at radius 1 is 0.828 bits per heavy atom. The predicted octanol–water partition coefficient (Wildman–Crippen LogP) is 4.08. The molecule has 0 heterocycles. The van der Waals surface area contributed by atoms with E-state index < -0.39 is 5.97 Å². The van der Waals surface area contributed by atoms with Crippen LogP contribution in [0.5, 0.6) is 17.2 Å². The quantitative estimate of drug-likeness (QED) is 0.379. The first-order valence-electron chi connectivity index (χ1n) is 9.06. The number of aryl methyl sites for hydroxylation is 3. The maximum Gasteiger partial charge on any atom is 0.331 e. The monoisotopic (exact) mass is 398 g/mol. The number of Topliss-reactive ketones (excluding diaryl/α,β-unsaturated/α-hetero) is 1. The molecule has 6 heteroatoms. The van der Waals surface area contributed by atoms with Crippen molar-refractivity contribution in [1.82, 2.24) is 0 Å². The van der Waals surface area contributed by atoms with Crippen LogP contribution >= 0.6 is 0 Å². The van der Waals surface area contributed by atoms with Gasteiger partial charge in [-0.05, 0) is 44.0 Å². The zero-order valence-corrected chi connectivity index (χ0v) is 17.6. The van der Waals surface area contributed by atoms with E-state index in [1.807, 2.05) is 32.9 Å². The van der Waals surface area contributed by atoms with Crippen LogP contribution in [0.4, 0.5) is 0 Å². The fourth-order valence-electron chi connectivity index (χ4n) is 3.22. The van der Waals surface area contributed by atoms with Gasteiger partial charge in [-0.25, -0.2) is 4.79 Å². The molecule has 2 rings (SSSR count). The lowest BCUT2D eigenvalue weighted by atomic mass is 9.97. The van der Waals surface area contributed by atoms with Crippen molar-refractivity contribution < 1.29 is 28.5 Å². The van der Waals surface area contributed by atoms with Crippen molar-refractivity contribution in [2.24, 2.45) is 0 Å². The summed E-state index contributed by atoms with van der Waals surface area (Å²) in [5, 5.41) is 0. The summed E-state index contributed by atoms with van der Waals surface area (Å²) in [5.41, 5.74) is 4.02. The van der Waals surface area contributed by atoms with E-state index in [4.69, 9.17) is 18.9 Å². The maximum atomic E-state index is 12.5. The average molecular weight is 398 g/mol. The molecule has 0 atom stereocenters. The van der Waals surface area contributed by atoms with Crippen LogP contribution in [0.15, 0.2) is 30.3 Å². The Kier molecular flexibility index (Phi) is 7.42. The maximum absolute atomic E-state index is 12.5. The minimum atomic E-state index is -0.627. The molecule has 0 radical (unpaired) electrons.